The van der Waals surface area contributed by atoms with Gasteiger partial charge in [0.2, 0.25) is 0 Å². The summed E-state index contributed by atoms with van der Waals surface area (Å²) in [7, 11) is 0. The lowest BCUT2D eigenvalue weighted by Crippen LogP contribution is -2.42. The van der Waals surface area contributed by atoms with E-state index >= 15 is 0 Å². The van der Waals surface area contributed by atoms with Crippen LogP contribution in [0, 0.1) is 18.3 Å². The van der Waals surface area contributed by atoms with E-state index in [-0.39, 0.29) is 0 Å². The fourth-order valence-electron chi connectivity index (χ4n) is 1.66. The Hall–Kier alpha value is -1.53. The maximum Gasteiger partial charge on any atom is 0.119 e. The van der Waals surface area contributed by atoms with E-state index < -0.39 is 5.54 Å². The van der Waals surface area contributed by atoms with E-state index in [4.69, 9.17) is 4.74 Å². The third-order valence-electron chi connectivity index (χ3n) is 2.87. The molecule has 0 aliphatic carbocycles. The normalized spacial score (nSPS) is 13.7. The molecule has 18 heavy (non-hydrogen) atoms. The quantitative estimate of drug-likeness (QED) is 0.804. The lowest BCUT2D eigenvalue weighted by molar-refractivity contribution is 0.267. The number of nitrogens with one attached hydrogen (secondary N) is 1. The molecule has 0 aliphatic heterocycles. The highest BCUT2D eigenvalue weighted by molar-refractivity contribution is 5.27. The topological polar surface area (TPSA) is 45.0 Å². The number of benzene rings is 1. The zero-order valence-electron chi connectivity index (χ0n) is 11.5. The number of ether oxygens (including phenoxy) is 1. The van der Waals surface area contributed by atoms with Crippen molar-refractivity contribution in [2.24, 2.45) is 0 Å². The average molecular weight is 246 g/mol. The summed E-state index contributed by atoms with van der Waals surface area (Å²) >= 11 is 0. The van der Waals surface area contributed by atoms with Crippen molar-refractivity contribution in [3.63, 3.8) is 0 Å². The van der Waals surface area contributed by atoms with Crippen molar-refractivity contribution in [2.45, 2.75) is 39.2 Å². The van der Waals surface area contributed by atoms with Crippen LogP contribution in [0.25, 0.3) is 0 Å². The molecule has 3 nitrogen and oxygen atoms in total. The van der Waals surface area contributed by atoms with E-state index in [1.807, 2.05) is 38.1 Å². The molecule has 1 atom stereocenters. The maximum absolute atomic E-state index is 9.19. The number of rotatable bonds is 7. The minimum atomic E-state index is -0.500. The van der Waals surface area contributed by atoms with Gasteiger partial charge in [-0.1, -0.05) is 19.1 Å². The van der Waals surface area contributed by atoms with E-state index in [1.165, 1.54) is 5.56 Å². The predicted octanol–water partition coefficient (Wildman–Crippen LogP) is 3.05. The number of hydrogen-bond acceptors (Lipinski definition) is 3. The molecule has 1 aromatic rings. The molecule has 1 aromatic carbocycles. The molecule has 98 valence electrons. The fourth-order valence-corrected chi connectivity index (χ4v) is 1.66. The number of hydrogen-bond donors (Lipinski definition) is 1. The van der Waals surface area contributed by atoms with Crippen LogP contribution in [0.5, 0.6) is 5.75 Å². The predicted molar refractivity (Wildman–Crippen MR) is 73.6 cm³/mol. The van der Waals surface area contributed by atoms with Gasteiger partial charge < -0.3 is 4.74 Å². The van der Waals surface area contributed by atoms with Crippen LogP contribution in [0.3, 0.4) is 0 Å². The Balaban J connectivity index is 2.42. The van der Waals surface area contributed by atoms with Crippen molar-refractivity contribution in [3.8, 4) is 11.8 Å². The minimum Gasteiger partial charge on any atom is -0.493 e. The van der Waals surface area contributed by atoms with Gasteiger partial charge in [0.1, 0.15) is 11.3 Å². The second-order valence-electron chi connectivity index (χ2n) is 4.79. The van der Waals surface area contributed by atoms with E-state index in [1.54, 1.807) is 0 Å². The molecule has 0 saturated heterocycles. The van der Waals surface area contributed by atoms with Gasteiger partial charge in [0, 0.05) is 6.42 Å². The van der Waals surface area contributed by atoms with Crippen LogP contribution in [-0.4, -0.2) is 18.7 Å². The highest BCUT2D eigenvalue weighted by Gasteiger charge is 2.22. The molecular weight excluding hydrogens is 224 g/mol. The first-order valence-electron chi connectivity index (χ1n) is 6.45. The van der Waals surface area contributed by atoms with Crippen molar-refractivity contribution >= 4 is 0 Å². The molecule has 0 fully saturated rings. The first kappa shape index (κ1) is 14.5. The number of aryl methyl sites for hydroxylation is 1. The summed E-state index contributed by atoms with van der Waals surface area (Å²) < 4.78 is 5.67. The molecule has 1 N–H and O–H groups in total. The Labute approximate surface area is 110 Å². The average Bonchev–Trinajstić information content (AvgIpc) is 2.36. The van der Waals surface area contributed by atoms with Crippen LogP contribution in [-0.2, 0) is 0 Å². The third-order valence-corrected chi connectivity index (χ3v) is 2.87. The van der Waals surface area contributed by atoms with E-state index in [0.29, 0.717) is 13.0 Å². The van der Waals surface area contributed by atoms with Crippen LogP contribution >= 0.6 is 0 Å². The van der Waals surface area contributed by atoms with Gasteiger partial charge in [0.25, 0.3) is 0 Å². The van der Waals surface area contributed by atoms with Gasteiger partial charge in [0.05, 0.1) is 12.7 Å². The molecule has 0 spiro atoms. The lowest BCUT2D eigenvalue weighted by atomic mass is 10.0. The molecule has 0 aliphatic rings. The molecule has 1 unspecified atom stereocenters. The van der Waals surface area contributed by atoms with Crippen molar-refractivity contribution in [2.75, 3.05) is 13.2 Å². The minimum absolute atomic E-state index is 0.500. The molecule has 0 bridgehead atoms. The molecule has 0 radical (unpaired) electrons. The Kier molecular flexibility index (Phi) is 5.67. The Morgan fingerprint density at radius 2 is 2.22 bits per heavy atom. The summed E-state index contributed by atoms with van der Waals surface area (Å²) in [6.45, 7) is 7.45. The van der Waals surface area contributed by atoms with E-state index in [9.17, 15) is 5.26 Å². The maximum atomic E-state index is 9.19. The monoisotopic (exact) mass is 246 g/mol. The summed E-state index contributed by atoms with van der Waals surface area (Å²) in [4.78, 5) is 0. The Bertz CT molecular complexity index is 411. The third kappa shape index (κ3) is 4.77. The molecule has 0 heterocycles. The Morgan fingerprint density at radius 1 is 1.44 bits per heavy atom. The number of nitriles is 1. The van der Waals surface area contributed by atoms with Crippen LogP contribution < -0.4 is 10.1 Å². The second kappa shape index (κ2) is 7.03. The highest BCUT2D eigenvalue weighted by Crippen LogP contribution is 2.14. The Morgan fingerprint density at radius 3 is 2.83 bits per heavy atom. The van der Waals surface area contributed by atoms with Gasteiger partial charge in [-0.2, -0.15) is 5.26 Å². The standard InChI is InChI=1S/C15H22N2O/c1-4-9-17-15(3,12-16)8-10-18-14-7-5-6-13(2)11-14/h5-7,11,17H,4,8-10H2,1-3H3. The van der Waals surface area contributed by atoms with Crippen molar-refractivity contribution in [1.29, 1.82) is 5.26 Å². The summed E-state index contributed by atoms with van der Waals surface area (Å²) in [6.07, 6.45) is 1.70. The first-order valence-corrected chi connectivity index (χ1v) is 6.45. The van der Waals surface area contributed by atoms with Crippen molar-refractivity contribution in [1.82, 2.24) is 5.32 Å². The zero-order valence-corrected chi connectivity index (χ0v) is 11.5. The van der Waals surface area contributed by atoms with Crippen LogP contribution in [0.2, 0.25) is 0 Å². The van der Waals surface area contributed by atoms with Crippen molar-refractivity contribution < 1.29 is 4.74 Å². The highest BCUT2D eigenvalue weighted by atomic mass is 16.5. The van der Waals surface area contributed by atoms with Gasteiger partial charge in [0.15, 0.2) is 0 Å². The van der Waals surface area contributed by atoms with Gasteiger partial charge in [-0.15, -0.1) is 0 Å². The largest absolute Gasteiger partial charge is 0.493 e. The molecular formula is C15H22N2O. The lowest BCUT2D eigenvalue weighted by Gasteiger charge is -2.23. The number of nitrogens with zero attached hydrogens (tertiary/aromatic N) is 1. The molecule has 1 rings (SSSR count). The SMILES string of the molecule is CCCNC(C)(C#N)CCOc1cccc(C)c1. The van der Waals surface area contributed by atoms with Crippen LogP contribution in [0.1, 0.15) is 32.3 Å². The molecule has 0 saturated carbocycles. The molecule has 0 aromatic heterocycles. The van der Waals surface area contributed by atoms with Gasteiger partial charge in [-0.25, -0.2) is 0 Å². The summed E-state index contributed by atoms with van der Waals surface area (Å²) in [6, 6.07) is 10.3. The van der Waals surface area contributed by atoms with Gasteiger partial charge >= 0.3 is 0 Å². The van der Waals surface area contributed by atoms with Crippen molar-refractivity contribution in [3.05, 3.63) is 29.8 Å². The fraction of sp³-hybridized carbons (Fsp3) is 0.533. The van der Waals surface area contributed by atoms with Crippen LogP contribution in [0.4, 0.5) is 0 Å². The first-order chi connectivity index (χ1) is 8.59. The van der Waals surface area contributed by atoms with E-state index in [2.05, 4.69) is 18.3 Å². The summed E-state index contributed by atoms with van der Waals surface area (Å²) in [5.41, 5.74) is 0.680. The summed E-state index contributed by atoms with van der Waals surface area (Å²) in [5.74, 6) is 0.866. The van der Waals surface area contributed by atoms with E-state index in [0.717, 1.165) is 18.7 Å². The van der Waals surface area contributed by atoms with Crippen LogP contribution in [0.15, 0.2) is 24.3 Å². The van der Waals surface area contributed by atoms with Gasteiger partial charge in [-0.05, 0) is 44.5 Å². The molecule has 0 amide bonds. The van der Waals surface area contributed by atoms with Gasteiger partial charge in [-0.3, -0.25) is 5.32 Å². The molecule has 3 heteroatoms. The second-order valence-corrected chi connectivity index (χ2v) is 4.79. The smallest absolute Gasteiger partial charge is 0.119 e. The summed E-state index contributed by atoms with van der Waals surface area (Å²) in [5, 5.41) is 12.4. The zero-order chi connectivity index (χ0) is 13.4.